The first kappa shape index (κ1) is 11.7. The highest BCUT2D eigenvalue weighted by Gasteiger charge is 2.19. The van der Waals surface area contributed by atoms with Crippen molar-refractivity contribution in [2.45, 2.75) is 12.8 Å². The lowest BCUT2D eigenvalue weighted by atomic mass is 10.3. The van der Waals surface area contributed by atoms with Crippen LogP contribution >= 0.6 is 0 Å². The van der Waals surface area contributed by atoms with E-state index < -0.39 is 0 Å². The third-order valence-electron chi connectivity index (χ3n) is 3.84. The van der Waals surface area contributed by atoms with Crippen LogP contribution in [0.3, 0.4) is 0 Å². The molecule has 0 radical (unpaired) electrons. The molecule has 0 atom stereocenters. The third-order valence-corrected chi connectivity index (χ3v) is 3.84. The first-order valence-corrected chi connectivity index (χ1v) is 6.84. The van der Waals surface area contributed by atoms with Gasteiger partial charge in [-0.25, -0.2) is 4.98 Å². The van der Waals surface area contributed by atoms with Gasteiger partial charge in [0.25, 0.3) is 0 Å². The van der Waals surface area contributed by atoms with Crippen LogP contribution in [0, 0.1) is 0 Å². The molecule has 3 heterocycles. The molecule has 2 aliphatic rings. The van der Waals surface area contributed by atoms with Crippen LogP contribution in [0.2, 0.25) is 0 Å². The molecule has 98 valence electrons. The van der Waals surface area contributed by atoms with E-state index in [1.807, 2.05) is 12.3 Å². The van der Waals surface area contributed by atoms with E-state index in [0.29, 0.717) is 0 Å². The van der Waals surface area contributed by atoms with Crippen LogP contribution in [0.1, 0.15) is 12.8 Å². The van der Waals surface area contributed by atoms with Gasteiger partial charge in [0.05, 0.1) is 0 Å². The van der Waals surface area contributed by atoms with Gasteiger partial charge < -0.3 is 14.7 Å². The molecule has 3 rings (SSSR count). The van der Waals surface area contributed by atoms with Gasteiger partial charge in [-0.3, -0.25) is 0 Å². The van der Waals surface area contributed by atoms with Gasteiger partial charge in [0.2, 0.25) is 5.95 Å². The highest BCUT2D eigenvalue weighted by molar-refractivity contribution is 5.44. The van der Waals surface area contributed by atoms with Crippen molar-refractivity contribution in [2.75, 3.05) is 56.1 Å². The van der Waals surface area contributed by atoms with Crippen LogP contribution in [0.5, 0.6) is 0 Å². The highest BCUT2D eigenvalue weighted by Crippen LogP contribution is 2.20. The maximum Gasteiger partial charge on any atom is 0.227 e. The van der Waals surface area contributed by atoms with Crippen molar-refractivity contribution in [2.24, 2.45) is 0 Å². The molecule has 2 aliphatic heterocycles. The second kappa shape index (κ2) is 5.10. The smallest absolute Gasteiger partial charge is 0.227 e. The monoisotopic (exact) mass is 247 g/mol. The van der Waals surface area contributed by atoms with Crippen molar-refractivity contribution in [3.05, 3.63) is 12.3 Å². The van der Waals surface area contributed by atoms with Crippen LogP contribution in [-0.4, -0.2) is 61.2 Å². The summed E-state index contributed by atoms with van der Waals surface area (Å²) in [6, 6.07) is 2.03. The molecular formula is C13H21N5. The van der Waals surface area contributed by atoms with Crippen molar-refractivity contribution >= 4 is 11.8 Å². The number of aromatic nitrogens is 2. The van der Waals surface area contributed by atoms with Crippen molar-refractivity contribution in [3.63, 3.8) is 0 Å². The van der Waals surface area contributed by atoms with Gasteiger partial charge in [-0.2, -0.15) is 4.98 Å². The van der Waals surface area contributed by atoms with E-state index in [0.717, 1.165) is 51.0 Å². The third kappa shape index (κ3) is 2.41. The van der Waals surface area contributed by atoms with Gasteiger partial charge in [-0.05, 0) is 26.0 Å². The Kier molecular flexibility index (Phi) is 3.32. The number of rotatable bonds is 2. The van der Waals surface area contributed by atoms with E-state index in [2.05, 4.69) is 26.7 Å². The second-order valence-electron chi connectivity index (χ2n) is 5.20. The molecule has 0 bridgehead atoms. The summed E-state index contributed by atoms with van der Waals surface area (Å²) in [5, 5.41) is 0. The Bertz CT molecular complexity index is 394. The standard InChI is InChI=1S/C13H21N5/c1-16-8-10-18(11-9-16)13-14-5-4-12(15-13)17-6-2-3-7-17/h4-5H,2-3,6-11H2,1H3. The van der Waals surface area contributed by atoms with Crippen LogP contribution in [0.4, 0.5) is 11.8 Å². The number of piperazine rings is 1. The number of hydrogen-bond donors (Lipinski definition) is 0. The quantitative estimate of drug-likeness (QED) is 0.773. The number of hydrogen-bond acceptors (Lipinski definition) is 5. The fraction of sp³-hybridized carbons (Fsp3) is 0.692. The van der Waals surface area contributed by atoms with Crippen molar-refractivity contribution < 1.29 is 0 Å². The van der Waals surface area contributed by atoms with Gasteiger partial charge in [0, 0.05) is 45.5 Å². The van der Waals surface area contributed by atoms with Crippen molar-refractivity contribution in [1.29, 1.82) is 0 Å². The Balaban J connectivity index is 1.74. The van der Waals surface area contributed by atoms with Crippen LogP contribution in [0.25, 0.3) is 0 Å². The highest BCUT2D eigenvalue weighted by atomic mass is 15.3. The van der Waals surface area contributed by atoms with E-state index in [9.17, 15) is 0 Å². The second-order valence-corrected chi connectivity index (χ2v) is 5.20. The summed E-state index contributed by atoms with van der Waals surface area (Å²) in [5.74, 6) is 1.99. The average molecular weight is 247 g/mol. The predicted octanol–water partition coefficient (Wildman–Crippen LogP) is 0.829. The zero-order valence-corrected chi connectivity index (χ0v) is 11.0. The molecule has 2 fully saturated rings. The Morgan fingerprint density at radius 2 is 1.67 bits per heavy atom. The SMILES string of the molecule is CN1CCN(c2nccc(N3CCCC3)n2)CC1. The lowest BCUT2D eigenvalue weighted by Gasteiger charge is -2.32. The molecule has 0 aromatic carbocycles. The molecule has 5 heteroatoms. The normalized spacial score (nSPS) is 21.6. The molecule has 1 aromatic rings. The molecule has 0 N–H and O–H groups in total. The van der Waals surface area contributed by atoms with E-state index >= 15 is 0 Å². The van der Waals surface area contributed by atoms with E-state index in [1.54, 1.807) is 0 Å². The molecule has 0 aliphatic carbocycles. The molecule has 5 nitrogen and oxygen atoms in total. The van der Waals surface area contributed by atoms with Gasteiger partial charge in [-0.15, -0.1) is 0 Å². The Morgan fingerprint density at radius 3 is 2.39 bits per heavy atom. The summed E-state index contributed by atoms with van der Waals surface area (Å²) in [5.41, 5.74) is 0. The van der Waals surface area contributed by atoms with Crippen LogP contribution < -0.4 is 9.80 Å². The summed E-state index contributed by atoms with van der Waals surface area (Å²) in [6.45, 7) is 6.52. The fourth-order valence-electron chi connectivity index (χ4n) is 2.62. The molecule has 2 saturated heterocycles. The average Bonchev–Trinajstić information content (AvgIpc) is 2.94. The number of likely N-dealkylation sites (N-methyl/N-ethyl adjacent to an activating group) is 1. The zero-order valence-electron chi connectivity index (χ0n) is 11.0. The molecule has 0 saturated carbocycles. The minimum Gasteiger partial charge on any atom is -0.356 e. The van der Waals surface area contributed by atoms with E-state index in [1.165, 1.54) is 12.8 Å². The van der Waals surface area contributed by atoms with Gasteiger partial charge in [0.1, 0.15) is 5.82 Å². The van der Waals surface area contributed by atoms with Gasteiger partial charge in [-0.1, -0.05) is 0 Å². The van der Waals surface area contributed by atoms with Gasteiger partial charge >= 0.3 is 0 Å². The summed E-state index contributed by atoms with van der Waals surface area (Å²) in [7, 11) is 2.17. The minimum absolute atomic E-state index is 0.896. The maximum atomic E-state index is 4.73. The topological polar surface area (TPSA) is 35.5 Å². The Morgan fingerprint density at radius 1 is 0.944 bits per heavy atom. The summed E-state index contributed by atoms with van der Waals surface area (Å²) < 4.78 is 0. The van der Waals surface area contributed by atoms with Crippen LogP contribution in [-0.2, 0) is 0 Å². The summed E-state index contributed by atoms with van der Waals surface area (Å²) >= 11 is 0. The van der Waals surface area contributed by atoms with Crippen molar-refractivity contribution in [1.82, 2.24) is 14.9 Å². The lowest BCUT2D eigenvalue weighted by molar-refractivity contribution is 0.311. The molecule has 0 amide bonds. The Labute approximate surface area is 108 Å². The zero-order chi connectivity index (χ0) is 12.4. The first-order chi connectivity index (χ1) is 8.83. The van der Waals surface area contributed by atoms with Gasteiger partial charge in [0.15, 0.2) is 0 Å². The lowest BCUT2D eigenvalue weighted by Crippen LogP contribution is -2.45. The van der Waals surface area contributed by atoms with Crippen LogP contribution in [0.15, 0.2) is 12.3 Å². The number of anilines is 2. The molecule has 18 heavy (non-hydrogen) atoms. The summed E-state index contributed by atoms with van der Waals surface area (Å²) in [4.78, 5) is 16.2. The molecule has 0 spiro atoms. The number of nitrogens with zero attached hydrogens (tertiary/aromatic N) is 5. The summed E-state index contributed by atoms with van der Waals surface area (Å²) in [6.07, 6.45) is 4.47. The Hall–Kier alpha value is -1.36. The molecule has 1 aromatic heterocycles. The minimum atomic E-state index is 0.896. The maximum absolute atomic E-state index is 4.73. The fourth-order valence-corrected chi connectivity index (χ4v) is 2.62. The van der Waals surface area contributed by atoms with E-state index in [-0.39, 0.29) is 0 Å². The van der Waals surface area contributed by atoms with E-state index in [4.69, 9.17) is 4.98 Å². The molecule has 0 unspecified atom stereocenters. The predicted molar refractivity (Wildman–Crippen MR) is 73.2 cm³/mol. The molecular weight excluding hydrogens is 226 g/mol. The largest absolute Gasteiger partial charge is 0.356 e. The van der Waals surface area contributed by atoms with Crippen molar-refractivity contribution in [3.8, 4) is 0 Å². The first-order valence-electron chi connectivity index (χ1n) is 6.84.